The van der Waals surface area contributed by atoms with Crippen molar-refractivity contribution in [1.82, 2.24) is 4.98 Å². The fourth-order valence-corrected chi connectivity index (χ4v) is 1.83. The molecule has 2 rings (SSSR count). The topological polar surface area (TPSA) is 105 Å². The average molecular weight is 308 g/mol. The van der Waals surface area contributed by atoms with E-state index in [0.29, 0.717) is 5.56 Å². The number of nitrogens with one attached hydrogen (secondary N) is 1. The van der Waals surface area contributed by atoms with Gasteiger partial charge in [0.1, 0.15) is 10.9 Å². The summed E-state index contributed by atoms with van der Waals surface area (Å²) in [5.41, 5.74) is 0.113. The second kappa shape index (κ2) is 5.76. The van der Waals surface area contributed by atoms with Gasteiger partial charge in [-0.25, -0.2) is 4.98 Å². The van der Waals surface area contributed by atoms with Crippen molar-refractivity contribution in [3.05, 3.63) is 56.7 Å². The molecule has 0 fully saturated rings. The van der Waals surface area contributed by atoms with Gasteiger partial charge in [-0.2, -0.15) is 0 Å². The van der Waals surface area contributed by atoms with Gasteiger partial charge in [-0.3, -0.25) is 14.9 Å². The molecule has 0 unspecified atom stereocenters. The number of rotatable bonds is 3. The van der Waals surface area contributed by atoms with Crippen molar-refractivity contribution in [3.8, 4) is 5.75 Å². The maximum Gasteiger partial charge on any atom is 0.311 e. The van der Waals surface area contributed by atoms with E-state index in [1.54, 1.807) is 19.1 Å². The van der Waals surface area contributed by atoms with Gasteiger partial charge in [0.05, 0.1) is 10.5 Å². The van der Waals surface area contributed by atoms with Gasteiger partial charge in [-0.1, -0.05) is 23.7 Å². The molecule has 1 heterocycles. The molecule has 108 valence electrons. The molecule has 8 heteroatoms. The van der Waals surface area contributed by atoms with Crippen molar-refractivity contribution in [2.45, 2.75) is 6.92 Å². The number of phenols is 1. The molecule has 1 aromatic carbocycles. The van der Waals surface area contributed by atoms with Gasteiger partial charge in [-0.05, 0) is 24.6 Å². The summed E-state index contributed by atoms with van der Waals surface area (Å²) in [6, 6.07) is 7.00. The van der Waals surface area contributed by atoms with Crippen molar-refractivity contribution in [3.63, 3.8) is 0 Å². The normalized spacial score (nSPS) is 10.2. The fourth-order valence-electron chi connectivity index (χ4n) is 1.68. The first-order chi connectivity index (χ1) is 9.90. The lowest BCUT2D eigenvalue weighted by Gasteiger charge is -2.08. The summed E-state index contributed by atoms with van der Waals surface area (Å²) in [7, 11) is 0. The molecule has 0 saturated heterocycles. The molecule has 0 radical (unpaired) electrons. The summed E-state index contributed by atoms with van der Waals surface area (Å²) in [5, 5.41) is 23.0. The Labute approximate surface area is 124 Å². The molecule has 0 spiro atoms. The summed E-state index contributed by atoms with van der Waals surface area (Å²) >= 11 is 5.67. The minimum atomic E-state index is -0.714. The van der Waals surface area contributed by atoms with Gasteiger partial charge in [0, 0.05) is 6.07 Å². The van der Waals surface area contributed by atoms with Crippen LogP contribution in [0.3, 0.4) is 0 Å². The van der Waals surface area contributed by atoms with Crippen LogP contribution in [0.5, 0.6) is 5.75 Å². The van der Waals surface area contributed by atoms with Crippen molar-refractivity contribution >= 4 is 29.0 Å². The molecule has 0 bridgehead atoms. The number of anilines is 1. The second-order valence-corrected chi connectivity index (χ2v) is 4.57. The summed E-state index contributed by atoms with van der Waals surface area (Å²) in [4.78, 5) is 26.0. The third-order valence-corrected chi connectivity index (χ3v) is 2.96. The molecule has 0 saturated carbocycles. The molecule has 21 heavy (non-hydrogen) atoms. The number of carbonyl (C=O) groups excluding carboxylic acids is 1. The van der Waals surface area contributed by atoms with Crippen LogP contribution in [-0.2, 0) is 0 Å². The molecule has 1 aromatic heterocycles. The third kappa shape index (κ3) is 3.09. The molecule has 1 amide bonds. The highest BCUT2D eigenvalue weighted by atomic mass is 35.5. The molecular weight excluding hydrogens is 298 g/mol. The predicted octanol–water partition coefficient (Wildman–Crippen LogP) is 2.91. The van der Waals surface area contributed by atoms with Crippen molar-refractivity contribution in [1.29, 1.82) is 0 Å². The summed E-state index contributed by atoms with van der Waals surface area (Å²) in [5.74, 6) is -1.19. The highest BCUT2D eigenvalue weighted by Gasteiger charge is 2.20. The Kier molecular flexibility index (Phi) is 4.04. The summed E-state index contributed by atoms with van der Waals surface area (Å²) in [6.45, 7) is 1.63. The minimum Gasteiger partial charge on any atom is -0.507 e. The number of carbonyl (C=O) groups is 1. The minimum absolute atomic E-state index is 0.00404. The molecule has 0 aliphatic heterocycles. The lowest BCUT2D eigenvalue weighted by atomic mass is 10.1. The number of nitro groups is 1. The first-order valence-electron chi connectivity index (χ1n) is 5.81. The number of pyridine rings is 1. The van der Waals surface area contributed by atoms with E-state index in [0.717, 1.165) is 6.07 Å². The van der Waals surface area contributed by atoms with E-state index in [2.05, 4.69) is 10.3 Å². The van der Waals surface area contributed by atoms with E-state index >= 15 is 0 Å². The van der Waals surface area contributed by atoms with E-state index in [4.69, 9.17) is 11.6 Å². The lowest BCUT2D eigenvalue weighted by Crippen LogP contribution is -2.14. The molecule has 7 nitrogen and oxygen atoms in total. The van der Waals surface area contributed by atoms with Gasteiger partial charge in [-0.15, -0.1) is 0 Å². The zero-order valence-corrected chi connectivity index (χ0v) is 11.6. The number of amides is 1. The standard InChI is InChI=1S/C13H10ClN3O4/c1-7-3-2-4-8(11(7)18)13(19)16-12-9(17(20)21)5-6-10(14)15-12/h2-6,18H,1H3,(H,15,16,19). The van der Waals surface area contributed by atoms with Gasteiger partial charge in [0.15, 0.2) is 0 Å². The Balaban J connectivity index is 2.38. The maximum atomic E-state index is 12.1. The Morgan fingerprint density at radius 2 is 2.10 bits per heavy atom. The average Bonchev–Trinajstić information content (AvgIpc) is 2.41. The number of aromatic nitrogens is 1. The molecule has 0 aliphatic carbocycles. The Hall–Kier alpha value is -2.67. The molecule has 2 N–H and O–H groups in total. The number of hydrogen-bond acceptors (Lipinski definition) is 5. The molecule has 0 aliphatic rings. The third-order valence-electron chi connectivity index (χ3n) is 2.75. The maximum absolute atomic E-state index is 12.1. The first-order valence-corrected chi connectivity index (χ1v) is 6.19. The van der Waals surface area contributed by atoms with E-state index in [1.165, 1.54) is 12.1 Å². The van der Waals surface area contributed by atoms with Crippen molar-refractivity contribution in [2.75, 3.05) is 5.32 Å². The van der Waals surface area contributed by atoms with Crippen LogP contribution in [0.15, 0.2) is 30.3 Å². The monoisotopic (exact) mass is 307 g/mol. The fraction of sp³-hybridized carbons (Fsp3) is 0.0769. The van der Waals surface area contributed by atoms with Gasteiger partial charge in [0.2, 0.25) is 5.82 Å². The quantitative estimate of drug-likeness (QED) is 0.515. The number of nitrogens with zero attached hydrogens (tertiary/aromatic N) is 2. The highest BCUT2D eigenvalue weighted by Crippen LogP contribution is 2.26. The summed E-state index contributed by atoms with van der Waals surface area (Å²) in [6.07, 6.45) is 0. The number of para-hydroxylation sites is 1. The van der Waals surface area contributed by atoms with E-state index in [9.17, 15) is 20.0 Å². The van der Waals surface area contributed by atoms with Crippen molar-refractivity contribution in [2.24, 2.45) is 0 Å². The predicted molar refractivity (Wildman–Crippen MR) is 76.7 cm³/mol. The van der Waals surface area contributed by atoms with Crippen LogP contribution in [0.1, 0.15) is 15.9 Å². The lowest BCUT2D eigenvalue weighted by molar-refractivity contribution is -0.384. The van der Waals surface area contributed by atoms with Gasteiger partial charge >= 0.3 is 5.69 Å². The number of aromatic hydroxyl groups is 1. The smallest absolute Gasteiger partial charge is 0.311 e. The Morgan fingerprint density at radius 1 is 1.38 bits per heavy atom. The van der Waals surface area contributed by atoms with E-state index in [1.807, 2.05) is 0 Å². The van der Waals surface area contributed by atoms with Crippen LogP contribution < -0.4 is 5.32 Å². The van der Waals surface area contributed by atoms with E-state index < -0.39 is 10.8 Å². The number of aryl methyl sites for hydroxylation is 1. The molecule has 0 atom stereocenters. The second-order valence-electron chi connectivity index (χ2n) is 4.18. The molecule has 2 aromatic rings. The van der Waals surface area contributed by atoms with Crippen LogP contribution in [0.2, 0.25) is 5.15 Å². The Morgan fingerprint density at radius 3 is 2.76 bits per heavy atom. The number of hydrogen-bond donors (Lipinski definition) is 2. The van der Waals surface area contributed by atoms with Crippen LogP contribution in [0.25, 0.3) is 0 Å². The van der Waals surface area contributed by atoms with E-state index in [-0.39, 0.29) is 28.0 Å². The Bertz CT molecular complexity index is 733. The van der Waals surface area contributed by atoms with Crippen LogP contribution >= 0.6 is 11.6 Å². The first kappa shape index (κ1) is 14.7. The summed E-state index contributed by atoms with van der Waals surface area (Å²) < 4.78 is 0. The van der Waals surface area contributed by atoms with Crippen LogP contribution in [-0.4, -0.2) is 20.9 Å². The zero-order valence-electron chi connectivity index (χ0n) is 10.8. The van der Waals surface area contributed by atoms with Crippen LogP contribution in [0.4, 0.5) is 11.5 Å². The highest BCUT2D eigenvalue weighted by molar-refractivity contribution is 6.29. The number of halogens is 1. The van der Waals surface area contributed by atoms with Crippen LogP contribution in [0, 0.1) is 17.0 Å². The number of benzene rings is 1. The largest absolute Gasteiger partial charge is 0.507 e. The van der Waals surface area contributed by atoms with Gasteiger partial charge < -0.3 is 10.4 Å². The zero-order chi connectivity index (χ0) is 15.6. The number of phenolic OH excluding ortho intramolecular Hbond substituents is 1. The SMILES string of the molecule is Cc1cccc(C(=O)Nc2nc(Cl)ccc2[N+](=O)[O-])c1O. The van der Waals surface area contributed by atoms with Gasteiger partial charge in [0.25, 0.3) is 5.91 Å². The molecular formula is C13H10ClN3O4. The van der Waals surface area contributed by atoms with Crippen molar-refractivity contribution < 1.29 is 14.8 Å².